The highest BCUT2D eigenvalue weighted by molar-refractivity contribution is 5.67. The van der Waals surface area contributed by atoms with Crippen LogP contribution in [0.3, 0.4) is 0 Å². The molecule has 0 saturated carbocycles. The lowest BCUT2D eigenvalue weighted by atomic mass is 9.97. The Kier molecular flexibility index (Phi) is 5.99. The van der Waals surface area contributed by atoms with E-state index in [0.717, 1.165) is 37.5 Å². The molecule has 0 spiro atoms. The van der Waals surface area contributed by atoms with Crippen LogP contribution < -0.4 is 0 Å². The van der Waals surface area contributed by atoms with Crippen molar-refractivity contribution in [3.63, 3.8) is 0 Å². The smallest absolute Gasteiger partial charge is 0.137 e. The molecule has 0 unspecified atom stereocenters. The predicted molar refractivity (Wildman–Crippen MR) is 104 cm³/mol. The van der Waals surface area contributed by atoms with Crippen molar-refractivity contribution in [2.75, 3.05) is 0 Å². The van der Waals surface area contributed by atoms with Gasteiger partial charge in [0.1, 0.15) is 11.6 Å². The van der Waals surface area contributed by atoms with E-state index in [-0.39, 0.29) is 0 Å². The van der Waals surface area contributed by atoms with Gasteiger partial charge in [-0.2, -0.15) is 0 Å². The zero-order valence-electron chi connectivity index (χ0n) is 15.3. The second-order valence-corrected chi connectivity index (χ2v) is 6.49. The van der Waals surface area contributed by atoms with Crippen LogP contribution in [0.2, 0.25) is 0 Å². The summed E-state index contributed by atoms with van der Waals surface area (Å²) in [6.45, 7) is 5.44. The minimum atomic E-state index is 0.825. The number of rotatable bonds is 8. The van der Waals surface area contributed by atoms with Gasteiger partial charge in [0.2, 0.25) is 0 Å². The van der Waals surface area contributed by atoms with Crippen molar-refractivity contribution >= 4 is 0 Å². The van der Waals surface area contributed by atoms with Crippen molar-refractivity contribution in [1.82, 2.24) is 14.8 Å². The number of aromatic nitrogens is 3. The van der Waals surface area contributed by atoms with Crippen LogP contribution in [0.1, 0.15) is 50.3 Å². The number of aryl methyl sites for hydroxylation is 1. The van der Waals surface area contributed by atoms with Gasteiger partial charge in [0.05, 0.1) is 0 Å². The fourth-order valence-electron chi connectivity index (χ4n) is 3.23. The Hall–Kier alpha value is -2.42. The molecule has 25 heavy (non-hydrogen) atoms. The Morgan fingerprint density at radius 3 is 2.28 bits per heavy atom. The van der Waals surface area contributed by atoms with Crippen LogP contribution in [0.15, 0.2) is 54.6 Å². The summed E-state index contributed by atoms with van der Waals surface area (Å²) in [4.78, 5) is 0. The first-order valence-electron chi connectivity index (χ1n) is 9.37. The van der Waals surface area contributed by atoms with Crippen LogP contribution in [-0.4, -0.2) is 14.8 Å². The summed E-state index contributed by atoms with van der Waals surface area (Å²) in [5.74, 6) is 2.21. The first kappa shape index (κ1) is 17.4. The van der Waals surface area contributed by atoms with E-state index in [4.69, 9.17) is 0 Å². The van der Waals surface area contributed by atoms with Crippen LogP contribution in [-0.2, 0) is 19.4 Å². The monoisotopic (exact) mass is 333 g/mol. The highest BCUT2D eigenvalue weighted by atomic mass is 15.3. The fraction of sp³-hybridized carbons (Fsp3) is 0.364. The van der Waals surface area contributed by atoms with Crippen molar-refractivity contribution in [3.8, 4) is 11.1 Å². The number of hydrogen-bond acceptors (Lipinski definition) is 2. The first-order valence-corrected chi connectivity index (χ1v) is 9.37. The Morgan fingerprint density at radius 1 is 0.800 bits per heavy atom. The van der Waals surface area contributed by atoms with Gasteiger partial charge in [0.15, 0.2) is 0 Å². The molecule has 1 heterocycles. The Labute approximate surface area is 150 Å². The van der Waals surface area contributed by atoms with Gasteiger partial charge in [-0.1, -0.05) is 74.9 Å². The van der Waals surface area contributed by atoms with Gasteiger partial charge in [0, 0.05) is 19.4 Å². The summed E-state index contributed by atoms with van der Waals surface area (Å²) >= 11 is 0. The molecule has 0 amide bonds. The van der Waals surface area contributed by atoms with Crippen LogP contribution in [0.5, 0.6) is 0 Å². The molecule has 0 radical (unpaired) electrons. The maximum Gasteiger partial charge on any atom is 0.137 e. The molecular weight excluding hydrogens is 306 g/mol. The van der Waals surface area contributed by atoms with Crippen LogP contribution in [0.25, 0.3) is 11.1 Å². The zero-order valence-corrected chi connectivity index (χ0v) is 15.3. The molecule has 0 saturated heterocycles. The Balaban J connectivity index is 1.93. The molecule has 0 fully saturated rings. The van der Waals surface area contributed by atoms with Gasteiger partial charge in [0.25, 0.3) is 0 Å². The van der Waals surface area contributed by atoms with Crippen molar-refractivity contribution in [2.24, 2.45) is 0 Å². The van der Waals surface area contributed by atoms with E-state index >= 15 is 0 Å². The topological polar surface area (TPSA) is 30.7 Å². The maximum atomic E-state index is 4.53. The van der Waals surface area contributed by atoms with Gasteiger partial charge in [-0.15, -0.1) is 10.2 Å². The zero-order chi connectivity index (χ0) is 17.5. The third-order valence-corrected chi connectivity index (χ3v) is 4.56. The number of hydrogen-bond donors (Lipinski definition) is 0. The van der Waals surface area contributed by atoms with Crippen LogP contribution in [0, 0.1) is 0 Å². The summed E-state index contributed by atoms with van der Waals surface area (Å²) in [5.41, 5.74) is 3.85. The summed E-state index contributed by atoms with van der Waals surface area (Å²) in [5, 5.41) is 9.00. The Morgan fingerprint density at radius 2 is 1.52 bits per heavy atom. The third-order valence-electron chi connectivity index (χ3n) is 4.56. The average molecular weight is 333 g/mol. The number of nitrogens with zero attached hydrogens (tertiary/aromatic N) is 3. The van der Waals surface area contributed by atoms with Crippen molar-refractivity contribution in [2.45, 2.75) is 52.5 Å². The Bertz CT molecular complexity index is 790. The summed E-state index contributed by atoms with van der Waals surface area (Å²) in [6, 6.07) is 19.2. The van der Waals surface area contributed by atoms with Crippen LogP contribution >= 0.6 is 0 Å². The van der Waals surface area contributed by atoms with E-state index in [2.05, 4.69) is 83.2 Å². The fourth-order valence-corrected chi connectivity index (χ4v) is 3.23. The van der Waals surface area contributed by atoms with E-state index in [0.29, 0.717) is 0 Å². The van der Waals surface area contributed by atoms with Gasteiger partial charge in [-0.25, -0.2) is 0 Å². The van der Waals surface area contributed by atoms with Crippen molar-refractivity contribution < 1.29 is 0 Å². The highest BCUT2D eigenvalue weighted by Crippen LogP contribution is 2.25. The second kappa shape index (κ2) is 8.61. The average Bonchev–Trinajstić information content (AvgIpc) is 3.03. The summed E-state index contributed by atoms with van der Waals surface area (Å²) in [7, 11) is 0. The molecule has 0 bridgehead atoms. The lowest BCUT2D eigenvalue weighted by molar-refractivity contribution is 0.580. The molecule has 2 aromatic carbocycles. The molecule has 3 rings (SSSR count). The number of benzene rings is 2. The molecule has 0 aliphatic heterocycles. The maximum absolute atomic E-state index is 4.53. The molecular formula is C22H27N3. The molecule has 0 N–H and O–H groups in total. The lowest BCUT2D eigenvalue weighted by Gasteiger charge is -2.12. The molecule has 3 aromatic rings. The van der Waals surface area contributed by atoms with Crippen molar-refractivity contribution in [1.29, 1.82) is 0 Å². The minimum Gasteiger partial charge on any atom is -0.315 e. The SMILES string of the molecule is CCCCn1c(CCC)nnc1Cc1ccccc1-c1ccccc1. The molecule has 0 atom stereocenters. The molecule has 3 heteroatoms. The predicted octanol–water partition coefficient (Wildman–Crippen LogP) is 5.29. The standard InChI is InChI=1S/C22H27N3/c1-3-5-16-25-21(11-4-2)23-24-22(25)17-19-14-9-10-15-20(19)18-12-7-6-8-13-18/h6-10,12-15H,3-5,11,16-17H2,1-2H3. The molecule has 0 aliphatic carbocycles. The quantitative estimate of drug-likeness (QED) is 0.561. The van der Waals surface area contributed by atoms with E-state index in [1.807, 2.05) is 0 Å². The minimum absolute atomic E-state index is 0.825. The normalized spacial score (nSPS) is 11.0. The van der Waals surface area contributed by atoms with Crippen LogP contribution in [0.4, 0.5) is 0 Å². The molecule has 1 aromatic heterocycles. The molecule has 3 nitrogen and oxygen atoms in total. The summed E-state index contributed by atoms with van der Waals surface area (Å²) in [6.07, 6.45) is 5.28. The second-order valence-electron chi connectivity index (χ2n) is 6.49. The van der Waals surface area contributed by atoms with E-state index in [1.165, 1.54) is 29.5 Å². The lowest BCUT2D eigenvalue weighted by Crippen LogP contribution is -2.09. The molecule has 0 aliphatic rings. The van der Waals surface area contributed by atoms with Gasteiger partial charge >= 0.3 is 0 Å². The number of unbranched alkanes of at least 4 members (excludes halogenated alkanes) is 1. The van der Waals surface area contributed by atoms with Crippen molar-refractivity contribution in [3.05, 3.63) is 71.8 Å². The third kappa shape index (κ3) is 4.16. The molecule has 130 valence electrons. The van der Waals surface area contributed by atoms with Gasteiger partial charge in [-0.05, 0) is 29.5 Å². The van der Waals surface area contributed by atoms with E-state index in [9.17, 15) is 0 Å². The van der Waals surface area contributed by atoms with E-state index in [1.54, 1.807) is 0 Å². The van der Waals surface area contributed by atoms with Gasteiger partial charge in [-0.3, -0.25) is 0 Å². The van der Waals surface area contributed by atoms with E-state index < -0.39 is 0 Å². The largest absolute Gasteiger partial charge is 0.315 e. The highest BCUT2D eigenvalue weighted by Gasteiger charge is 2.13. The summed E-state index contributed by atoms with van der Waals surface area (Å²) < 4.78 is 2.34. The first-order chi connectivity index (χ1) is 12.3. The van der Waals surface area contributed by atoms with Gasteiger partial charge < -0.3 is 4.57 Å².